The minimum Gasteiger partial charge on any atom is -0.388 e. The van der Waals surface area contributed by atoms with Crippen LogP contribution in [0.15, 0.2) is 6.20 Å². The number of nitrogens with zero attached hydrogens (tertiary/aromatic N) is 4. The van der Waals surface area contributed by atoms with E-state index in [9.17, 15) is 14.7 Å². The first kappa shape index (κ1) is 20.8. The Balaban J connectivity index is 1.53. The van der Waals surface area contributed by atoms with Crippen molar-refractivity contribution in [1.29, 1.82) is 0 Å². The molecule has 1 aromatic heterocycles. The van der Waals surface area contributed by atoms with Crippen molar-refractivity contribution in [1.82, 2.24) is 24.9 Å². The molecule has 1 aromatic rings. The number of aromatic nitrogens is 2. The first-order chi connectivity index (χ1) is 13.3. The number of β-amino-alcohol motifs (C(OH)–C–C–N with tert-alkyl or cyclic N) is 1. The van der Waals surface area contributed by atoms with Crippen LogP contribution in [-0.2, 0) is 11.8 Å². The number of carbonyl (C=O) groups excluding carboxylic acids is 2. The van der Waals surface area contributed by atoms with Crippen molar-refractivity contribution in [3.05, 3.63) is 17.5 Å². The number of hydrogen-bond donors (Lipinski definition) is 2. The van der Waals surface area contributed by atoms with Crippen LogP contribution < -0.4 is 5.32 Å². The summed E-state index contributed by atoms with van der Waals surface area (Å²) >= 11 is 0. The molecular formula is C20H33N5O3. The molecule has 2 aliphatic heterocycles. The van der Waals surface area contributed by atoms with Crippen LogP contribution >= 0.6 is 0 Å². The van der Waals surface area contributed by atoms with Gasteiger partial charge < -0.3 is 20.2 Å². The van der Waals surface area contributed by atoms with Gasteiger partial charge >= 0.3 is 0 Å². The second-order valence-electron chi connectivity index (χ2n) is 8.42. The van der Waals surface area contributed by atoms with Gasteiger partial charge in [-0.05, 0) is 39.0 Å². The molecule has 0 aliphatic carbocycles. The Morgan fingerprint density at radius 1 is 1.25 bits per heavy atom. The summed E-state index contributed by atoms with van der Waals surface area (Å²) < 4.78 is 1.67. The summed E-state index contributed by atoms with van der Waals surface area (Å²) in [6.07, 6.45) is 5.69. The van der Waals surface area contributed by atoms with Gasteiger partial charge in [0.05, 0.1) is 16.9 Å². The highest BCUT2D eigenvalue weighted by Crippen LogP contribution is 2.26. The smallest absolute Gasteiger partial charge is 0.257 e. The summed E-state index contributed by atoms with van der Waals surface area (Å²) in [5.74, 6) is 0.0282. The number of hydrogen-bond acceptors (Lipinski definition) is 5. The summed E-state index contributed by atoms with van der Waals surface area (Å²) in [7, 11) is 1.82. The van der Waals surface area contributed by atoms with Gasteiger partial charge in [0.2, 0.25) is 5.91 Å². The van der Waals surface area contributed by atoms with Gasteiger partial charge in [-0.1, -0.05) is 0 Å². The predicted octanol–water partition coefficient (Wildman–Crippen LogP) is 0.686. The summed E-state index contributed by atoms with van der Waals surface area (Å²) in [5.41, 5.74) is 0.627. The van der Waals surface area contributed by atoms with Gasteiger partial charge in [0.15, 0.2) is 0 Å². The van der Waals surface area contributed by atoms with Gasteiger partial charge in [-0.25, -0.2) is 0 Å². The average Bonchev–Trinajstić information content (AvgIpc) is 2.84. The summed E-state index contributed by atoms with van der Waals surface area (Å²) in [5, 5.41) is 18.4. The maximum atomic E-state index is 12.9. The molecule has 3 heterocycles. The summed E-state index contributed by atoms with van der Waals surface area (Å²) in [4.78, 5) is 28.2. The number of carbonyl (C=O) groups is 2. The molecule has 1 atom stereocenters. The van der Waals surface area contributed by atoms with Crippen LogP contribution in [0.5, 0.6) is 0 Å². The molecule has 2 N–H and O–H groups in total. The first-order valence-electron chi connectivity index (χ1n) is 10.3. The van der Waals surface area contributed by atoms with Gasteiger partial charge in [0.25, 0.3) is 5.91 Å². The second kappa shape index (κ2) is 8.61. The van der Waals surface area contributed by atoms with Crippen LogP contribution in [0.3, 0.4) is 0 Å². The normalized spacial score (nSPS) is 24.8. The lowest BCUT2D eigenvalue weighted by Crippen LogP contribution is -2.50. The number of rotatable bonds is 4. The van der Waals surface area contributed by atoms with E-state index in [2.05, 4.69) is 15.3 Å². The van der Waals surface area contributed by atoms with E-state index in [0.29, 0.717) is 38.0 Å². The Labute approximate surface area is 166 Å². The lowest BCUT2D eigenvalue weighted by atomic mass is 9.93. The van der Waals surface area contributed by atoms with E-state index in [0.717, 1.165) is 38.0 Å². The summed E-state index contributed by atoms with van der Waals surface area (Å²) in [6.45, 7) is 7.03. The van der Waals surface area contributed by atoms with Crippen molar-refractivity contribution in [2.24, 2.45) is 7.05 Å². The van der Waals surface area contributed by atoms with Crippen LogP contribution in [0.4, 0.5) is 0 Å². The highest BCUT2D eigenvalue weighted by Gasteiger charge is 2.35. The molecule has 8 nitrogen and oxygen atoms in total. The third-order valence-corrected chi connectivity index (χ3v) is 5.96. The van der Waals surface area contributed by atoms with E-state index in [-0.39, 0.29) is 17.9 Å². The Bertz CT molecular complexity index is 711. The number of aryl methyl sites for hydroxylation is 2. The number of likely N-dealkylation sites (tertiary alicyclic amines) is 2. The fourth-order valence-electron chi connectivity index (χ4n) is 4.46. The van der Waals surface area contributed by atoms with Crippen LogP contribution in [0, 0.1) is 6.92 Å². The topological polar surface area (TPSA) is 90.7 Å². The molecule has 0 spiro atoms. The third kappa shape index (κ3) is 5.11. The molecule has 2 fully saturated rings. The minimum atomic E-state index is -0.764. The van der Waals surface area contributed by atoms with Crippen LogP contribution in [0.25, 0.3) is 0 Å². The van der Waals surface area contributed by atoms with Crippen LogP contribution in [0.2, 0.25) is 0 Å². The van der Waals surface area contributed by atoms with Crippen LogP contribution in [-0.4, -0.2) is 80.9 Å². The molecule has 156 valence electrons. The largest absolute Gasteiger partial charge is 0.388 e. The lowest BCUT2D eigenvalue weighted by molar-refractivity contribution is -0.120. The van der Waals surface area contributed by atoms with Gasteiger partial charge in [-0.3, -0.25) is 14.3 Å². The van der Waals surface area contributed by atoms with Gasteiger partial charge in [-0.2, -0.15) is 5.10 Å². The zero-order valence-electron chi connectivity index (χ0n) is 17.3. The Hall–Kier alpha value is -1.93. The van der Waals surface area contributed by atoms with Gasteiger partial charge in [0.1, 0.15) is 0 Å². The van der Waals surface area contributed by atoms with Crippen molar-refractivity contribution in [3.8, 4) is 0 Å². The monoisotopic (exact) mass is 391 g/mol. The molecule has 2 aliphatic rings. The highest BCUT2D eigenvalue weighted by molar-refractivity contribution is 5.95. The Morgan fingerprint density at radius 3 is 2.57 bits per heavy atom. The van der Waals surface area contributed by atoms with Crippen molar-refractivity contribution < 1.29 is 14.7 Å². The van der Waals surface area contributed by atoms with E-state index >= 15 is 0 Å². The lowest BCUT2D eigenvalue weighted by Gasteiger charge is -2.38. The fraction of sp³-hybridized carbons (Fsp3) is 0.750. The molecule has 8 heteroatoms. The molecule has 1 unspecified atom stereocenters. The molecule has 0 radical (unpaired) electrons. The molecular weight excluding hydrogens is 358 g/mol. The Morgan fingerprint density at radius 2 is 1.96 bits per heavy atom. The van der Waals surface area contributed by atoms with Crippen molar-refractivity contribution in [2.75, 3.05) is 32.7 Å². The Kier molecular flexibility index (Phi) is 6.40. The highest BCUT2D eigenvalue weighted by atomic mass is 16.3. The molecule has 0 aromatic carbocycles. The van der Waals surface area contributed by atoms with Crippen molar-refractivity contribution in [3.63, 3.8) is 0 Å². The van der Waals surface area contributed by atoms with E-state index in [1.165, 1.54) is 0 Å². The quantitative estimate of drug-likeness (QED) is 0.788. The standard InChI is InChI=1S/C20H33N5O3/c1-15-18(13-23(3)22-15)19(27)25-9-4-7-20(28,8-12-25)14-24-10-5-17(6-11-24)21-16(2)26/h13,17,28H,4-12,14H2,1-3H3,(H,21,26). The zero-order chi connectivity index (χ0) is 20.3. The van der Waals surface area contributed by atoms with E-state index in [1.54, 1.807) is 17.8 Å². The maximum absolute atomic E-state index is 12.9. The first-order valence-corrected chi connectivity index (χ1v) is 10.3. The molecule has 2 amide bonds. The number of amides is 2. The zero-order valence-corrected chi connectivity index (χ0v) is 17.3. The molecule has 2 saturated heterocycles. The van der Waals surface area contributed by atoms with E-state index in [1.807, 2.05) is 18.9 Å². The van der Waals surface area contributed by atoms with E-state index in [4.69, 9.17) is 0 Å². The maximum Gasteiger partial charge on any atom is 0.257 e. The van der Waals surface area contributed by atoms with Crippen LogP contribution in [0.1, 0.15) is 55.1 Å². The second-order valence-corrected chi connectivity index (χ2v) is 8.42. The number of piperidine rings is 1. The minimum absolute atomic E-state index is 0.00553. The summed E-state index contributed by atoms with van der Waals surface area (Å²) in [6, 6.07) is 0.244. The fourth-order valence-corrected chi connectivity index (χ4v) is 4.46. The molecule has 3 rings (SSSR count). The molecule has 0 saturated carbocycles. The third-order valence-electron chi connectivity index (χ3n) is 5.96. The van der Waals surface area contributed by atoms with Gasteiger partial charge in [-0.15, -0.1) is 0 Å². The molecule has 28 heavy (non-hydrogen) atoms. The number of nitrogens with one attached hydrogen (secondary N) is 1. The number of aliphatic hydroxyl groups is 1. The van der Waals surface area contributed by atoms with E-state index < -0.39 is 5.60 Å². The van der Waals surface area contributed by atoms with Crippen molar-refractivity contribution in [2.45, 2.75) is 57.6 Å². The molecule has 0 bridgehead atoms. The van der Waals surface area contributed by atoms with Gasteiger partial charge in [0, 0.05) is 58.9 Å². The average molecular weight is 392 g/mol. The predicted molar refractivity (Wildman–Crippen MR) is 106 cm³/mol. The van der Waals surface area contributed by atoms with Crippen molar-refractivity contribution >= 4 is 11.8 Å². The SMILES string of the molecule is CC(=O)NC1CCN(CC2(O)CCCN(C(=O)c3cn(C)nc3C)CC2)CC1.